The number of hydrogen-bond acceptors (Lipinski definition) is 6. The van der Waals surface area contributed by atoms with Gasteiger partial charge in [0.1, 0.15) is 0 Å². The van der Waals surface area contributed by atoms with Crippen LogP contribution in [0.5, 0.6) is 0 Å². The van der Waals surface area contributed by atoms with Gasteiger partial charge in [0.05, 0.1) is 21.8 Å². The highest BCUT2D eigenvalue weighted by atomic mass is 32.2. The fourth-order valence-electron chi connectivity index (χ4n) is 3.16. The third kappa shape index (κ3) is 6.27. The normalized spacial score (nSPS) is 12.3. The molecule has 9 heteroatoms. The zero-order chi connectivity index (χ0) is 24.9. The van der Waals surface area contributed by atoms with E-state index in [0.717, 1.165) is 11.3 Å². The smallest absolute Gasteiger partial charge is 0.340 e. The summed E-state index contributed by atoms with van der Waals surface area (Å²) in [5.41, 5.74) is 2.80. The first-order chi connectivity index (χ1) is 16.1. The van der Waals surface area contributed by atoms with Crippen LogP contribution in [0.25, 0.3) is 11.3 Å². The van der Waals surface area contributed by atoms with Crippen molar-refractivity contribution in [1.29, 1.82) is 0 Å². The Kier molecular flexibility index (Phi) is 7.80. The van der Waals surface area contributed by atoms with Crippen molar-refractivity contribution < 1.29 is 22.7 Å². The number of sulfonamides is 1. The lowest BCUT2D eigenvalue weighted by atomic mass is 10.1. The minimum Gasteiger partial charge on any atom is -0.449 e. The van der Waals surface area contributed by atoms with Crippen LogP contribution in [0.2, 0.25) is 0 Å². The van der Waals surface area contributed by atoms with Gasteiger partial charge in [0, 0.05) is 17.3 Å². The van der Waals surface area contributed by atoms with Gasteiger partial charge in [0.15, 0.2) is 6.10 Å². The number of amides is 1. The number of pyridine rings is 1. The van der Waals surface area contributed by atoms with E-state index >= 15 is 0 Å². The van der Waals surface area contributed by atoms with Crippen LogP contribution in [0.4, 0.5) is 5.69 Å². The summed E-state index contributed by atoms with van der Waals surface area (Å²) in [4.78, 5) is 29.7. The Morgan fingerprint density at radius 2 is 1.56 bits per heavy atom. The first kappa shape index (κ1) is 25.1. The molecule has 0 aliphatic heterocycles. The average molecular weight is 482 g/mol. The number of ether oxygens (including phenoxy) is 1. The quantitative estimate of drug-likeness (QED) is 0.471. The number of esters is 1. The molecule has 1 atom stereocenters. The molecule has 2 aromatic carbocycles. The molecule has 3 rings (SSSR count). The lowest BCUT2D eigenvalue weighted by molar-refractivity contribution is -0.123. The van der Waals surface area contributed by atoms with Crippen LogP contribution < -0.4 is 10.0 Å². The van der Waals surface area contributed by atoms with Crippen molar-refractivity contribution >= 4 is 27.6 Å². The molecule has 0 saturated carbocycles. The maximum atomic E-state index is 12.6. The number of aryl methyl sites for hydroxylation is 1. The molecule has 8 nitrogen and oxygen atoms in total. The standard InChI is InChI=1S/C25H27N3O5S/c1-16(2)28-34(31,32)21-12-10-20(11-13-21)27-24(29)18(4)33-25(30)22-14-15-23(26-17(22)3)19-8-6-5-7-9-19/h5-16,18,28H,1-4H3,(H,27,29). The molecule has 1 unspecified atom stereocenters. The van der Waals surface area contributed by atoms with Gasteiger partial charge in [-0.2, -0.15) is 0 Å². The first-order valence-electron chi connectivity index (χ1n) is 10.7. The van der Waals surface area contributed by atoms with Crippen LogP contribution in [0.3, 0.4) is 0 Å². The highest BCUT2D eigenvalue weighted by molar-refractivity contribution is 7.89. The summed E-state index contributed by atoms with van der Waals surface area (Å²) in [6.45, 7) is 6.62. The van der Waals surface area contributed by atoms with Gasteiger partial charge in [-0.25, -0.2) is 17.9 Å². The Balaban J connectivity index is 1.63. The van der Waals surface area contributed by atoms with E-state index in [1.165, 1.54) is 31.2 Å². The fourth-order valence-corrected chi connectivity index (χ4v) is 4.41. The maximum absolute atomic E-state index is 12.6. The number of benzene rings is 2. The van der Waals surface area contributed by atoms with Crippen LogP contribution in [0.15, 0.2) is 71.6 Å². The molecule has 0 aliphatic carbocycles. The fraction of sp³-hybridized carbons (Fsp3) is 0.240. The van der Waals surface area contributed by atoms with Crippen LogP contribution in [0.1, 0.15) is 36.8 Å². The number of anilines is 1. The van der Waals surface area contributed by atoms with E-state index in [0.29, 0.717) is 11.4 Å². The van der Waals surface area contributed by atoms with E-state index < -0.39 is 28.0 Å². The van der Waals surface area contributed by atoms with Crippen molar-refractivity contribution in [2.24, 2.45) is 0 Å². The Morgan fingerprint density at radius 1 is 0.912 bits per heavy atom. The number of aromatic nitrogens is 1. The van der Waals surface area contributed by atoms with E-state index in [9.17, 15) is 18.0 Å². The number of rotatable bonds is 8. The molecule has 2 N–H and O–H groups in total. The van der Waals surface area contributed by atoms with E-state index in [-0.39, 0.29) is 16.5 Å². The van der Waals surface area contributed by atoms with Crippen molar-refractivity contribution in [2.45, 2.75) is 44.7 Å². The molecule has 0 spiro atoms. The van der Waals surface area contributed by atoms with Crippen LogP contribution in [0, 0.1) is 6.92 Å². The molecular weight excluding hydrogens is 454 g/mol. The number of nitrogens with zero attached hydrogens (tertiary/aromatic N) is 1. The first-order valence-corrected chi connectivity index (χ1v) is 12.2. The van der Waals surface area contributed by atoms with Crippen molar-refractivity contribution in [3.8, 4) is 11.3 Å². The summed E-state index contributed by atoms with van der Waals surface area (Å²) in [6.07, 6.45) is -1.08. The molecule has 0 bridgehead atoms. The molecule has 3 aromatic rings. The number of nitrogens with one attached hydrogen (secondary N) is 2. The second kappa shape index (κ2) is 10.6. The predicted molar refractivity (Wildman–Crippen MR) is 130 cm³/mol. The maximum Gasteiger partial charge on any atom is 0.340 e. The molecule has 1 aromatic heterocycles. The van der Waals surface area contributed by atoms with Gasteiger partial charge in [-0.05, 0) is 64.1 Å². The molecule has 178 valence electrons. The monoisotopic (exact) mass is 481 g/mol. The Morgan fingerprint density at radius 3 is 2.15 bits per heavy atom. The van der Waals surface area contributed by atoms with E-state index in [4.69, 9.17) is 4.74 Å². The molecule has 0 radical (unpaired) electrons. The van der Waals surface area contributed by atoms with Gasteiger partial charge < -0.3 is 10.1 Å². The second-order valence-corrected chi connectivity index (χ2v) is 9.75. The number of hydrogen-bond donors (Lipinski definition) is 2. The SMILES string of the molecule is Cc1nc(-c2ccccc2)ccc1C(=O)OC(C)C(=O)Nc1ccc(S(=O)(=O)NC(C)C)cc1. The molecule has 0 aliphatic rings. The van der Waals surface area contributed by atoms with Gasteiger partial charge in [0.2, 0.25) is 10.0 Å². The van der Waals surface area contributed by atoms with E-state index in [1.807, 2.05) is 30.3 Å². The van der Waals surface area contributed by atoms with Crippen LogP contribution >= 0.6 is 0 Å². The zero-order valence-electron chi connectivity index (χ0n) is 19.4. The molecule has 0 fully saturated rings. The van der Waals surface area contributed by atoms with Crippen LogP contribution in [-0.2, 0) is 19.6 Å². The third-order valence-corrected chi connectivity index (χ3v) is 6.53. The molecule has 0 saturated heterocycles. The van der Waals surface area contributed by atoms with Crippen LogP contribution in [-0.4, -0.2) is 37.4 Å². The highest BCUT2D eigenvalue weighted by Gasteiger charge is 2.21. The predicted octanol–water partition coefficient (Wildman–Crippen LogP) is 3.93. The largest absolute Gasteiger partial charge is 0.449 e. The Labute approximate surface area is 199 Å². The van der Waals surface area contributed by atoms with Crippen molar-refractivity contribution in [3.63, 3.8) is 0 Å². The Bertz CT molecular complexity index is 1270. The van der Waals surface area contributed by atoms with Gasteiger partial charge in [-0.3, -0.25) is 9.78 Å². The molecule has 34 heavy (non-hydrogen) atoms. The minimum absolute atomic E-state index is 0.0839. The third-order valence-electron chi connectivity index (χ3n) is 4.85. The lowest BCUT2D eigenvalue weighted by Crippen LogP contribution is -2.31. The van der Waals surface area contributed by atoms with Crippen molar-refractivity contribution in [2.75, 3.05) is 5.32 Å². The van der Waals surface area contributed by atoms with Gasteiger partial charge in [-0.1, -0.05) is 30.3 Å². The summed E-state index contributed by atoms with van der Waals surface area (Å²) in [5, 5.41) is 2.62. The van der Waals surface area contributed by atoms with Gasteiger partial charge >= 0.3 is 5.97 Å². The topological polar surface area (TPSA) is 114 Å². The Hall–Kier alpha value is -3.56. The van der Waals surface area contributed by atoms with Gasteiger partial charge in [0.25, 0.3) is 5.91 Å². The average Bonchev–Trinajstić information content (AvgIpc) is 2.79. The molecule has 1 amide bonds. The highest BCUT2D eigenvalue weighted by Crippen LogP contribution is 2.20. The summed E-state index contributed by atoms with van der Waals surface area (Å²) < 4.78 is 32.2. The van der Waals surface area contributed by atoms with Gasteiger partial charge in [-0.15, -0.1) is 0 Å². The molecule has 1 heterocycles. The summed E-state index contributed by atoms with van der Waals surface area (Å²) in [6, 6.07) is 18.4. The van der Waals surface area contributed by atoms with Crippen molar-refractivity contribution in [3.05, 3.63) is 78.0 Å². The lowest BCUT2D eigenvalue weighted by Gasteiger charge is -2.15. The van der Waals surface area contributed by atoms with E-state index in [2.05, 4.69) is 15.0 Å². The zero-order valence-corrected chi connectivity index (χ0v) is 20.2. The number of carbonyl (C=O) groups excluding carboxylic acids is 2. The second-order valence-electron chi connectivity index (χ2n) is 8.03. The van der Waals surface area contributed by atoms with Crippen molar-refractivity contribution in [1.82, 2.24) is 9.71 Å². The number of carbonyl (C=O) groups is 2. The molecular formula is C25H27N3O5S. The summed E-state index contributed by atoms with van der Waals surface area (Å²) in [7, 11) is -3.63. The summed E-state index contributed by atoms with van der Waals surface area (Å²) >= 11 is 0. The van der Waals surface area contributed by atoms with E-state index in [1.54, 1.807) is 32.9 Å². The summed E-state index contributed by atoms with van der Waals surface area (Å²) in [5.74, 6) is -1.20. The minimum atomic E-state index is -3.63.